The molecule has 5 nitrogen and oxygen atoms in total. The van der Waals surface area contributed by atoms with Crippen molar-refractivity contribution < 1.29 is 4.74 Å². The summed E-state index contributed by atoms with van der Waals surface area (Å²) < 4.78 is 7.26. The van der Waals surface area contributed by atoms with Crippen LogP contribution >= 0.6 is 11.6 Å². The fourth-order valence-electron chi connectivity index (χ4n) is 2.70. The summed E-state index contributed by atoms with van der Waals surface area (Å²) in [5.74, 6) is 0.286. The Morgan fingerprint density at radius 2 is 2.33 bits per heavy atom. The van der Waals surface area contributed by atoms with Crippen molar-refractivity contribution in [3.05, 3.63) is 39.9 Å². The van der Waals surface area contributed by atoms with Crippen LogP contribution in [-0.4, -0.2) is 47.8 Å². The van der Waals surface area contributed by atoms with Gasteiger partial charge in [0.1, 0.15) is 0 Å². The van der Waals surface area contributed by atoms with E-state index in [-0.39, 0.29) is 11.5 Å². The van der Waals surface area contributed by atoms with Gasteiger partial charge in [-0.3, -0.25) is 9.36 Å². The first-order valence-corrected chi connectivity index (χ1v) is 7.42. The van der Waals surface area contributed by atoms with Crippen LogP contribution in [0.5, 0.6) is 0 Å². The lowest BCUT2D eigenvalue weighted by molar-refractivity contribution is 0.117. The highest BCUT2D eigenvalue weighted by molar-refractivity contribution is 6.31. The molecule has 1 atom stereocenters. The average Bonchev–Trinajstić information content (AvgIpc) is 2.67. The van der Waals surface area contributed by atoms with E-state index in [0.29, 0.717) is 29.1 Å². The van der Waals surface area contributed by atoms with Crippen LogP contribution in [0.1, 0.15) is 0 Å². The number of fused-ring (bicyclic) bond motifs is 1. The van der Waals surface area contributed by atoms with Crippen LogP contribution in [-0.2, 0) is 11.3 Å². The molecule has 3 rings (SSSR count). The molecule has 1 fully saturated rings. The third kappa shape index (κ3) is 3.26. The standard InChI is InChI=1S/C15H18ClN3O2/c1-18-4-5-21-9-11(7-18)8-19-10-17-14-3-2-12(16)6-13(14)15(19)20/h2-3,6,10-11H,4-5,7-9H2,1H3/t11-/m0/s1. The zero-order valence-electron chi connectivity index (χ0n) is 12.0. The minimum atomic E-state index is -0.0469. The molecule has 6 heteroatoms. The van der Waals surface area contributed by atoms with Crippen molar-refractivity contribution in [2.75, 3.05) is 33.4 Å². The van der Waals surface area contributed by atoms with Gasteiger partial charge in [-0.1, -0.05) is 11.6 Å². The summed E-state index contributed by atoms with van der Waals surface area (Å²) in [5.41, 5.74) is 0.629. The molecule has 1 saturated heterocycles. The molecule has 1 aliphatic rings. The molecule has 0 amide bonds. The van der Waals surface area contributed by atoms with Crippen molar-refractivity contribution in [3.63, 3.8) is 0 Å². The Balaban J connectivity index is 1.90. The molecule has 2 heterocycles. The smallest absolute Gasteiger partial charge is 0.261 e. The van der Waals surface area contributed by atoms with Gasteiger partial charge in [0.05, 0.1) is 30.4 Å². The maximum atomic E-state index is 12.5. The Morgan fingerprint density at radius 1 is 1.48 bits per heavy atom. The molecule has 21 heavy (non-hydrogen) atoms. The van der Waals surface area contributed by atoms with Crippen LogP contribution in [0, 0.1) is 5.92 Å². The molecule has 0 bridgehead atoms. The average molecular weight is 308 g/mol. The SMILES string of the molecule is CN1CCOC[C@H](Cn2cnc3ccc(Cl)cc3c2=O)C1. The van der Waals surface area contributed by atoms with E-state index in [1.807, 2.05) is 0 Å². The molecule has 0 unspecified atom stereocenters. The van der Waals surface area contributed by atoms with Crippen molar-refractivity contribution in [3.8, 4) is 0 Å². The number of benzene rings is 1. The summed E-state index contributed by atoms with van der Waals surface area (Å²) in [6, 6.07) is 5.19. The van der Waals surface area contributed by atoms with Crippen LogP contribution in [0.2, 0.25) is 5.02 Å². The van der Waals surface area contributed by atoms with Gasteiger partial charge in [0, 0.05) is 30.6 Å². The predicted octanol–water partition coefficient (Wildman–Crippen LogP) is 1.63. The molecule has 0 aliphatic carbocycles. The van der Waals surface area contributed by atoms with E-state index in [1.165, 1.54) is 0 Å². The fourth-order valence-corrected chi connectivity index (χ4v) is 2.88. The zero-order valence-corrected chi connectivity index (χ0v) is 12.7. The van der Waals surface area contributed by atoms with E-state index < -0.39 is 0 Å². The van der Waals surface area contributed by atoms with Gasteiger partial charge in [0.2, 0.25) is 0 Å². The van der Waals surface area contributed by atoms with Gasteiger partial charge in [0.25, 0.3) is 5.56 Å². The third-order valence-electron chi connectivity index (χ3n) is 3.78. The van der Waals surface area contributed by atoms with Crippen molar-refractivity contribution in [1.82, 2.24) is 14.5 Å². The number of halogens is 1. The molecule has 0 saturated carbocycles. The van der Waals surface area contributed by atoms with Gasteiger partial charge >= 0.3 is 0 Å². The molecule has 0 radical (unpaired) electrons. The van der Waals surface area contributed by atoms with Crippen LogP contribution in [0.25, 0.3) is 10.9 Å². The lowest BCUT2D eigenvalue weighted by Crippen LogP contribution is -2.32. The van der Waals surface area contributed by atoms with Crippen molar-refractivity contribution in [1.29, 1.82) is 0 Å². The second-order valence-corrected chi connectivity index (χ2v) is 6.00. The normalized spacial score (nSPS) is 20.6. The molecule has 0 N–H and O–H groups in total. The Hall–Kier alpha value is -1.43. The van der Waals surface area contributed by atoms with E-state index >= 15 is 0 Å². The van der Waals surface area contributed by atoms with E-state index in [9.17, 15) is 4.79 Å². The van der Waals surface area contributed by atoms with Crippen molar-refractivity contribution in [2.24, 2.45) is 5.92 Å². The van der Waals surface area contributed by atoms with E-state index in [1.54, 1.807) is 29.1 Å². The number of nitrogens with zero attached hydrogens (tertiary/aromatic N) is 3. The molecular weight excluding hydrogens is 290 g/mol. The number of hydrogen-bond acceptors (Lipinski definition) is 4. The van der Waals surface area contributed by atoms with E-state index in [4.69, 9.17) is 16.3 Å². The number of likely N-dealkylation sites (N-methyl/N-ethyl adjacent to an activating group) is 1. The Morgan fingerprint density at radius 3 is 3.19 bits per heavy atom. The van der Waals surface area contributed by atoms with Crippen LogP contribution < -0.4 is 5.56 Å². The largest absolute Gasteiger partial charge is 0.380 e. The minimum Gasteiger partial charge on any atom is -0.380 e. The monoisotopic (exact) mass is 307 g/mol. The molecule has 1 aliphatic heterocycles. The molecular formula is C15H18ClN3O2. The highest BCUT2D eigenvalue weighted by Crippen LogP contribution is 2.15. The van der Waals surface area contributed by atoms with Gasteiger partial charge in [0.15, 0.2) is 0 Å². The first-order valence-electron chi connectivity index (χ1n) is 7.04. The molecule has 0 spiro atoms. The molecule has 112 valence electrons. The van der Waals surface area contributed by atoms with Crippen LogP contribution in [0.4, 0.5) is 0 Å². The van der Waals surface area contributed by atoms with Gasteiger partial charge in [-0.25, -0.2) is 4.98 Å². The molecule has 1 aromatic carbocycles. The van der Waals surface area contributed by atoms with Crippen molar-refractivity contribution >= 4 is 22.5 Å². The summed E-state index contributed by atoms with van der Waals surface area (Å²) >= 11 is 5.97. The molecule has 2 aromatic rings. The Labute approximate surface area is 128 Å². The maximum absolute atomic E-state index is 12.5. The second kappa shape index (κ2) is 6.13. The van der Waals surface area contributed by atoms with Crippen molar-refractivity contribution in [2.45, 2.75) is 6.54 Å². The molecule has 1 aromatic heterocycles. The van der Waals surface area contributed by atoms with Gasteiger partial charge in [-0.15, -0.1) is 0 Å². The third-order valence-corrected chi connectivity index (χ3v) is 4.02. The summed E-state index contributed by atoms with van der Waals surface area (Å²) in [6.07, 6.45) is 1.61. The number of hydrogen-bond donors (Lipinski definition) is 0. The van der Waals surface area contributed by atoms with E-state index in [2.05, 4.69) is 16.9 Å². The Kier molecular flexibility index (Phi) is 4.24. The predicted molar refractivity (Wildman–Crippen MR) is 82.8 cm³/mol. The highest BCUT2D eigenvalue weighted by Gasteiger charge is 2.17. The first kappa shape index (κ1) is 14.5. The van der Waals surface area contributed by atoms with Gasteiger partial charge < -0.3 is 9.64 Å². The van der Waals surface area contributed by atoms with Crippen LogP contribution in [0.3, 0.4) is 0 Å². The summed E-state index contributed by atoms with van der Waals surface area (Å²) in [7, 11) is 2.07. The fraction of sp³-hybridized carbons (Fsp3) is 0.467. The second-order valence-electron chi connectivity index (χ2n) is 5.57. The maximum Gasteiger partial charge on any atom is 0.261 e. The van der Waals surface area contributed by atoms with Gasteiger partial charge in [-0.05, 0) is 25.2 Å². The summed E-state index contributed by atoms with van der Waals surface area (Å²) in [4.78, 5) is 19.1. The number of aromatic nitrogens is 2. The quantitative estimate of drug-likeness (QED) is 0.846. The van der Waals surface area contributed by atoms with Crippen LogP contribution in [0.15, 0.2) is 29.3 Å². The van der Waals surface area contributed by atoms with Gasteiger partial charge in [-0.2, -0.15) is 0 Å². The first-order chi connectivity index (χ1) is 10.1. The number of ether oxygens (including phenoxy) is 1. The van der Waals surface area contributed by atoms with E-state index in [0.717, 1.165) is 19.7 Å². The minimum absolute atomic E-state index is 0.0469. The topological polar surface area (TPSA) is 47.4 Å². The zero-order chi connectivity index (χ0) is 14.8. The Bertz CT molecular complexity index is 701. The number of rotatable bonds is 2. The summed E-state index contributed by atoms with van der Waals surface area (Å²) in [6.45, 7) is 3.87. The summed E-state index contributed by atoms with van der Waals surface area (Å²) in [5, 5.41) is 1.12. The lowest BCUT2D eigenvalue weighted by Gasteiger charge is -2.19. The highest BCUT2D eigenvalue weighted by atomic mass is 35.5. The lowest BCUT2D eigenvalue weighted by atomic mass is 10.1.